The summed E-state index contributed by atoms with van der Waals surface area (Å²) in [5.74, 6) is 2.62. The first kappa shape index (κ1) is 22.3. The lowest BCUT2D eigenvalue weighted by Gasteiger charge is -2.14. The van der Waals surface area contributed by atoms with Gasteiger partial charge in [0.25, 0.3) is 0 Å². The molecule has 2 heterocycles. The van der Waals surface area contributed by atoms with Crippen LogP contribution in [-0.4, -0.2) is 30.7 Å². The predicted molar refractivity (Wildman–Crippen MR) is 134 cm³/mol. The summed E-state index contributed by atoms with van der Waals surface area (Å²) in [4.78, 5) is 11.7. The highest BCUT2D eigenvalue weighted by Crippen LogP contribution is 2.38. The fraction of sp³-hybridized carbons (Fsp3) is 0.385. The maximum Gasteiger partial charge on any atom is 0.138 e. The number of hydrogen-bond acceptors (Lipinski definition) is 6. The van der Waals surface area contributed by atoms with E-state index < -0.39 is 0 Å². The fourth-order valence-corrected chi connectivity index (χ4v) is 5.32. The average Bonchev–Trinajstić information content (AvgIpc) is 3.23. The van der Waals surface area contributed by atoms with E-state index in [4.69, 9.17) is 9.47 Å². The van der Waals surface area contributed by atoms with Gasteiger partial charge in [-0.1, -0.05) is 31.6 Å². The second-order valence-corrected chi connectivity index (χ2v) is 9.04. The van der Waals surface area contributed by atoms with Gasteiger partial charge in [-0.3, -0.25) is 0 Å². The Labute approximate surface area is 194 Å². The topological polar surface area (TPSA) is 56.3 Å². The first-order chi connectivity index (χ1) is 15.7. The molecule has 0 unspecified atom stereocenters. The van der Waals surface area contributed by atoms with Gasteiger partial charge in [-0.15, -0.1) is 11.3 Å². The normalized spacial score (nSPS) is 14.3. The molecule has 6 heteroatoms. The lowest BCUT2D eigenvalue weighted by molar-refractivity contribution is 0.290. The lowest BCUT2D eigenvalue weighted by atomic mass is 9.97. The van der Waals surface area contributed by atoms with E-state index in [-0.39, 0.29) is 0 Å². The number of ether oxygens (including phenoxy) is 2. The molecule has 4 rings (SSSR count). The Morgan fingerprint density at radius 3 is 2.69 bits per heavy atom. The molecule has 0 atom stereocenters. The van der Waals surface area contributed by atoms with Gasteiger partial charge in [0.15, 0.2) is 0 Å². The average molecular weight is 450 g/mol. The molecular weight excluding hydrogens is 418 g/mol. The minimum atomic E-state index is 0.562. The number of anilines is 1. The van der Waals surface area contributed by atoms with Crippen molar-refractivity contribution in [2.75, 3.05) is 26.1 Å². The molecule has 2 aromatic heterocycles. The molecule has 0 amide bonds. The maximum atomic E-state index is 5.75. The highest BCUT2D eigenvalue weighted by Gasteiger charge is 2.19. The summed E-state index contributed by atoms with van der Waals surface area (Å²) < 4.78 is 11.1. The van der Waals surface area contributed by atoms with E-state index in [0.29, 0.717) is 6.54 Å². The summed E-state index contributed by atoms with van der Waals surface area (Å²) in [5, 5.41) is 4.72. The molecule has 0 radical (unpaired) electrons. The third-order valence-corrected chi connectivity index (χ3v) is 7.04. The van der Waals surface area contributed by atoms with Gasteiger partial charge in [0.05, 0.1) is 26.2 Å². The van der Waals surface area contributed by atoms with Crippen molar-refractivity contribution >= 4 is 32.9 Å². The smallest absolute Gasteiger partial charge is 0.138 e. The number of fused-ring (bicyclic) bond motifs is 3. The largest absolute Gasteiger partial charge is 0.499 e. The van der Waals surface area contributed by atoms with Crippen LogP contribution in [0.3, 0.4) is 0 Å². The molecule has 1 aromatic carbocycles. The van der Waals surface area contributed by atoms with E-state index in [1.807, 2.05) is 23.5 Å². The molecular formula is C26H31N3O2S. The third-order valence-electron chi connectivity index (χ3n) is 5.84. The van der Waals surface area contributed by atoms with Gasteiger partial charge in [-0.05, 0) is 67.0 Å². The summed E-state index contributed by atoms with van der Waals surface area (Å²) in [5.41, 5.74) is 3.73. The summed E-state index contributed by atoms with van der Waals surface area (Å²) in [7, 11) is 3.41. The first-order valence-corrected chi connectivity index (χ1v) is 12.1. The van der Waals surface area contributed by atoms with E-state index in [1.54, 1.807) is 20.5 Å². The number of hydrogen-bond donors (Lipinski definition) is 1. The molecule has 3 aromatic rings. The van der Waals surface area contributed by atoms with Crippen LogP contribution in [0.5, 0.6) is 5.75 Å². The molecule has 0 saturated heterocycles. The minimum absolute atomic E-state index is 0.562. The zero-order chi connectivity index (χ0) is 22.3. The van der Waals surface area contributed by atoms with Gasteiger partial charge < -0.3 is 14.8 Å². The molecule has 0 aliphatic heterocycles. The summed E-state index contributed by atoms with van der Waals surface area (Å²) >= 11 is 1.82. The zero-order valence-electron chi connectivity index (χ0n) is 19.1. The molecule has 0 fully saturated rings. The molecule has 32 heavy (non-hydrogen) atoms. The number of nitrogens with one attached hydrogen (secondary N) is 1. The number of rotatable bonds is 9. The van der Waals surface area contributed by atoms with E-state index in [0.717, 1.165) is 59.0 Å². The van der Waals surface area contributed by atoms with Crippen molar-refractivity contribution in [2.24, 2.45) is 0 Å². The van der Waals surface area contributed by atoms with Crippen molar-refractivity contribution in [1.82, 2.24) is 9.97 Å². The number of nitrogens with zero attached hydrogens (tertiary/aromatic N) is 2. The maximum absolute atomic E-state index is 5.75. The Bertz CT molecular complexity index is 1120. The van der Waals surface area contributed by atoms with Crippen LogP contribution in [0.15, 0.2) is 48.5 Å². The first-order valence-electron chi connectivity index (χ1n) is 11.3. The monoisotopic (exact) mass is 449 g/mol. The molecule has 0 spiro atoms. The van der Waals surface area contributed by atoms with Crippen LogP contribution in [-0.2, 0) is 17.6 Å². The number of allylic oxidation sites excluding steroid dienone is 3. The number of thiophene rings is 1. The number of aromatic nitrogens is 2. The van der Waals surface area contributed by atoms with Crippen LogP contribution in [0.4, 0.5) is 5.82 Å². The van der Waals surface area contributed by atoms with Crippen molar-refractivity contribution in [3.8, 4) is 5.75 Å². The Morgan fingerprint density at radius 2 is 1.94 bits per heavy atom. The Kier molecular flexibility index (Phi) is 7.43. The van der Waals surface area contributed by atoms with Gasteiger partial charge >= 0.3 is 0 Å². The quantitative estimate of drug-likeness (QED) is 0.302. The van der Waals surface area contributed by atoms with Crippen molar-refractivity contribution < 1.29 is 9.47 Å². The second-order valence-electron chi connectivity index (χ2n) is 7.96. The van der Waals surface area contributed by atoms with E-state index in [1.165, 1.54) is 28.7 Å². The number of unbranched alkanes of at least 4 members (excludes halogenated alkanes) is 1. The van der Waals surface area contributed by atoms with Gasteiger partial charge in [-0.2, -0.15) is 0 Å². The van der Waals surface area contributed by atoms with Crippen LogP contribution in [0.2, 0.25) is 0 Å². The molecule has 0 bridgehead atoms. The molecule has 1 N–H and O–H groups in total. The van der Waals surface area contributed by atoms with Crippen LogP contribution >= 0.6 is 11.3 Å². The van der Waals surface area contributed by atoms with Crippen molar-refractivity contribution in [3.63, 3.8) is 0 Å². The Morgan fingerprint density at radius 1 is 1.12 bits per heavy atom. The zero-order valence-corrected chi connectivity index (χ0v) is 19.9. The van der Waals surface area contributed by atoms with E-state index in [2.05, 4.69) is 46.5 Å². The Balaban J connectivity index is 1.58. The minimum Gasteiger partial charge on any atom is -0.499 e. The standard InChI is InChI=1S/C26H31N3O2S/c1-4-5-8-19(18-11-13-20(30-2)14-12-18)15-21(31-3)16-27-25-24-22-9-6-7-10-23(22)32-26(24)29-17-28-25/h8,11-15,17H,4-7,9-10,16H2,1-3H3,(H,27,28,29). The van der Waals surface area contributed by atoms with E-state index >= 15 is 0 Å². The summed E-state index contributed by atoms with van der Waals surface area (Å²) in [6.07, 6.45) is 12.9. The lowest BCUT2D eigenvalue weighted by Crippen LogP contribution is -2.09. The van der Waals surface area contributed by atoms with Crippen molar-refractivity contribution in [1.29, 1.82) is 0 Å². The predicted octanol–water partition coefficient (Wildman–Crippen LogP) is 6.40. The molecule has 1 aliphatic carbocycles. The van der Waals surface area contributed by atoms with Gasteiger partial charge in [-0.25, -0.2) is 9.97 Å². The van der Waals surface area contributed by atoms with Crippen LogP contribution in [0, 0.1) is 0 Å². The second kappa shape index (κ2) is 10.6. The highest BCUT2D eigenvalue weighted by molar-refractivity contribution is 7.19. The molecule has 5 nitrogen and oxygen atoms in total. The molecule has 1 aliphatic rings. The van der Waals surface area contributed by atoms with Gasteiger partial charge in [0.1, 0.15) is 28.5 Å². The SMILES string of the molecule is CCCC=C(C=C(CNc1ncnc2sc3c(c12)CCCC3)OC)c1ccc(OC)cc1. The summed E-state index contributed by atoms with van der Waals surface area (Å²) in [6.45, 7) is 2.75. The van der Waals surface area contributed by atoms with Crippen molar-refractivity contribution in [3.05, 3.63) is 64.5 Å². The number of methoxy groups -OCH3 is 2. The van der Waals surface area contributed by atoms with Crippen LogP contribution in [0.1, 0.15) is 48.6 Å². The van der Waals surface area contributed by atoms with Gasteiger partial charge in [0, 0.05) is 4.88 Å². The van der Waals surface area contributed by atoms with E-state index in [9.17, 15) is 0 Å². The third kappa shape index (κ3) is 4.96. The molecule has 168 valence electrons. The van der Waals surface area contributed by atoms with Crippen LogP contribution in [0.25, 0.3) is 15.8 Å². The number of benzene rings is 1. The Hall–Kier alpha value is -2.86. The fourth-order valence-electron chi connectivity index (χ4n) is 4.09. The van der Waals surface area contributed by atoms with Crippen molar-refractivity contribution in [2.45, 2.75) is 45.4 Å². The highest BCUT2D eigenvalue weighted by atomic mass is 32.1. The number of aryl methyl sites for hydroxylation is 2. The van der Waals surface area contributed by atoms with Crippen LogP contribution < -0.4 is 10.1 Å². The molecule has 0 saturated carbocycles. The van der Waals surface area contributed by atoms with Gasteiger partial charge in [0.2, 0.25) is 0 Å². The summed E-state index contributed by atoms with van der Waals surface area (Å²) in [6, 6.07) is 8.16.